The molecule has 4 heteroatoms. The molecule has 1 aliphatic rings. The third-order valence-electron chi connectivity index (χ3n) is 3.08. The fraction of sp³-hybridized carbons (Fsp3) is 0.667. The van der Waals surface area contributed by atoms with Gasteiger partial charge >= 0.3 is 0 Å². The summed E-state index contributed by atoms with van der Waals surface area (Å²) >= 11 is 0. The van der Waals surface area contributed by atoms with Gasteiger partial charge in [0, 0.05) is 31.7 Å². The van der Waals surface area contributed by atoms with E-state index in [1.807, 2.05) is 6.20 Å². The molecule has 0 aliphatic carbocycles. The van der Waals surface area contributed by atoms with Crippen LogP contribution in [0.25, 0.3) is 0 Å². The van der Waals surface area contributed by atoms with Crippen molar-refractivity contribution in [3.8, 4) is 0 Å². The van der Waals surface area contributed by atoms with Crippen LogP contribution in [-0.2, 0) is 6.54 Å². The van der Waals surface area contributed by atoms with Crippen molar-refractivity contribution in [1.29, 1.82) is 0 Å². The van der Waals surface area contributed by atoms with E-state index in [4.69, 9.17) is 0 Å². The van der Waals surface area contributed by atoms with Gasteiger partial charge in [-0.15, -0.1) is 0 Å². The van der Waals surface area contributed by atoms with Gasteiger partial charge in [-0.3, -0.25) is 9.97 Å². The Labute approximate surface area is 97.1 Å². The van der Waals surface area contributed by atoms with Crippen molar-refractivity contribution in [3.05, 3.63) is 24.3 Å². The lowest BCUT2D eigenvalue weighted by Crippen LogP contribution is -2.37. The Morgan fingerprint density at radius 1 is 1.50 bits per heavy atom. The van der Waals surface area contributed by atoms with Gasteiger partial charge in [-0.1, -0.05) is 0 Å². The summed E-state index contributed by atoms with van der Waals surface area (Å²) in [4.78, 5) is 10.7. The van der Waals surface area contributed by atoms with Crippen LogP contribution in [0.3, 0.4) is 0 Å². The van der Waals surface area contributed by atoms with Gasteiger partial charge in [0.25, 0.3) is 0 Å². The predicted molar refractivity (Wildman–Crippen MR) is 64.0 cm³/mol. The molecule has 0 spiro atoms. The molecule has 1 aromatic rings. The summed E-state index contributed by atoms with van der Waals surface area (Å²) in [5.41, 5.74) is 1.02. The number of hydrogen-bond acceptors (Lipinski definition) is 4. The van der Waals surface area contributed by atoms with E-state index < -0.39 is 0 Å². The van der Waals surface area contributed by atoms with Gasteiger partial charge in [-0.2, -0.15) is 0 Å². The SMILES string of the molecule is CN1CCCC(CNCc2cnccn2)C1. The van der Waals surface area contributed by atoms with Gasteiger partial charge in [0.15, 0.2) is 0 Å². The lowest BCUT2D eigenvalue weighted by Gasteiger charge is -2.29. The highest BCUT2D eigenvalue weighted by molar-refractivity contribution is 4.93. The van der Waals surface area contributed by atoms with Crippen molar-refractivity contribution < 1.29 is 0 Å². The number of hydrogen-bond donors (Lipinski definition) is 1. The molecule has 1 N–H and O–H groups in total. The zero-order chi connectivity index (χ0) is 11.2. The van der Waals surface area contributed by atoms with Crippen molar-refractivity contribution in [1.82, 2.24) is 20.2 Å². The summed E-state index contributed by atoms with van der Waals surface area (Å²) < 4.78 is 0. The Balaban J connectivity index is 1.68. The molecule has 0 radical (unpaired) electrons. The van der Waals surface area contributed by atoms with Crippen LogP contribution < -0.4 is 5.32 Å². The molecule has 1 aromatic heterocycles. The third-order valence-corrected chi connectivity index (χ3v) is 3.08. The molecule has 1 saturated heterocycles. The van der Waals surface area contributed by atoms with Crippen LogP contribution in [0.15, 0.2) is 18.6 Å². The highest BCUT2D eigenvalue weighted by Crippen LogP contribution is 2.13. The summed E-state index contributed by atoms with van der Waals surface area (Å²) in [5.74, 6) is 0.787. The van der Waals surface area contributed by atoms with Crippen molar-refractivity contribution in [2.24, 2.45) is 5.92 Å². The molecule has 0 aromatic carbocycles. The minimum atomic E-state index is 0.787. The maximum Gasteiger partial charge on any atom is 0.0724 e. The van der Waals surface area contributed by atoms with E-state index in [0.29, 0.717) is 0 Å². The van der Waals surface area contributed by atoms with E-state index in [2.05, 4.69) is 27.2 Å². The molecule has 1 aliphatic heterocycles. The fourth-order valence-corrected chi connectivity index (χ4v) is 2.27. The van der Waals surface area contributed by atoms with E-state index in [0.717, 1.165) is 24.7 Å². The predicted octanol–water partition coefficient (Wildman–Crippen LogP) is 0.908. The monoisotopic (exact) mass is 220 g/mol. The van der Waals surface area contributed by atoms with Crippen LogP contribution in [-0.4, -0.2) is 41.5 Å². The molecular formula is C12H20N4. The molecule has 1 unspecified atom stereocenters. The summed E-state index contributed by atoms with van der Waals surface area (Å²) in [7, 11) is 2.20. The third kappa shape index (κ3) is 3.54. The van der Waals surface area contributed by atoms with Crippen molar-refractivity contribution in [3.63, 3.8) is 0 Å². The zero-order valence-corrected chi connectivity index (χ0v) is 9.89. The van der Waals surface area contributed by atoms with Gasteiger partial charge in [0.1, 0.15) is 0 Å². The van der Waals surface area contributed by atoms with E-state index in [1.165, 1.54) is 25.9 Å². The topological polar surface area (TPSA) is 41.0 Å². The first-order chi connectivity index (χ1) is 7.84. The number of nitrogens with zero attached hydrogens (tertiary/aromatic N) is 3. The molecule has 0 bridgehead atoms. The average Bonchev–Trinajstić information content (AvgIpc) is 2.30. The molecule has 1 atom stereocenters. The van der Waals surface area contributed by atoms with Crippen molar-refractivity contribution in [2.45, 2.75) is 19.4 Å². The number of nitrogens with one attached hydrogen (secondary N) is 1. The molecule has 88 valence electrons. The van der Waals surface area contributed by atoms with Crippen LogP contribution >= 0.6 is 0 Å². The van der Waals surface area contributed by atoms with Crippen LogP contribution in [0.4, 0.5) is 0 Å². The maximum absolute atomic E-state index is 4.24. The second-order valence-electron chi connectivity index (χ2n) is 4.60. The van der Waals surface area contributed by atoms with Gasteiger partial charge in [0.05, 0.1) is 5.69 Å². The minimum absolute atomic E-state index is 0.787. The Morgan fingerprint density at radius 3 is 3.19 bits per heavy atom. The summed E-state index contributed by atoms with van der Waals surface area (Å²) in [6, 6.07) is 0. The van der Waals surface area contributed by atoms with Crippen LogP contribution in [0.1, 0.15) is 18.5 Å². The Hall–Kier alpha value is -1.00. The number of rotatable bonds is 4. The second-order valence-corrected chi connectivity index (χ2v) is 4.60. The first-order valence-corrected chi connectivity index (χ1v) is 5.99. The summed E-state index contributed by atoms with van der Waals surface area (Å²) in [6.45, 7) is 4.38. The van der Waals surface area contributed by atoms with Crippen LogP contribution in [0, 0.1) is 5.92 Å². The molecule has 16 heavy (non-hydrogen) atoms. The first kappa shape index (κ1) is 11.5. The lowest BCUT2D eigenvalue weighted by molar-refractivity contribution is 0.206. The lowest BCUT2D eigenvalue weighted by atomic mass is 9.98. The maximum atomic E-state index is 4.24. The number of aromatic nitrogens is 2. The van der Waals surface area contributed by atoms with Gasteiger partial charge in [-0.05, 0) is 38.9 Å². The van der Waals surface area contributed by atoms with Gasteiger partial charge < -0.3 is 10.2 Å². The van der Waals surface area contributed by atoms with E-state index in [-0.39, 0.29) is 0 Å². The highest BCUT2D eigenvalue weighted by Gasteiger charge is 2.16. The zero-order valence-electron chi connectivity index (χ0n) is 9.89. The van der Waals surface area contributed by atoms with Crippen LogP contribution in [0.2, 0.25) is 0 Å². The normalized spacial score (nSPS) is 22.2. The minimum Gasteiger partial charge on any atom is -0.311 e. The molecule has 2 rings (SSSR count). The smallest absolute Gasteiger partial charge is 0.0724 e. The first-order valence-electron chi connectivity index (χ1n) is 5.99. The van der Waals surface area contributed by atoms with Crippen molar-refractivity contribution >= 4 is 0 Å². The molecular weight excluding hydrogens is 200 g/mol. The Kier molecular flexibility index (Phi) is 4.25. The molecule has 1 fully saturated rings. The Bertz CT molecular complexity index is 301. The van der Waals surface area contributed by atoms with E-state index in [9.17, 15) is 0 Å². The van der Waals surface area contributed by atoms with E-state index in [1.54, 1.807) is 12.4 Å². The van der Waals surface area contributed by atoms with E-state index >= 15 is 0 Å². The highest BCUT2D eigenvalue weighted by atomic mass is 15.1. The molecule has 2 heterocycles. The standard InChI is InChI=1S/C12H20N4/c1-16-6-2-3-11(10-16)7-14-9-12-8-13-4-5-15-12/h4-5,8,11,14H,2-3,6-7,9-10H2,1H3. The number of likely N-dealkylation sites (tertiary alicyclic amines) is 1. The quantitative estimate of drug-likeness (QED) is 0.819. The number of piperidine rings is 1. The van der Waals surface area contributed by atoms with Crippen LogP contribution in [0.5, 0.6) is 0 Å². The summed E-state index contributed by atoms with van der Waals surface area (Å²) in [5, 5.41) is 3.46. The fourth-order valence-electron chi connectivity index (χ4n) is 2.27. The molecule has 0 amide bonds. The molecule has 4 nitrogen and oxygen atoms in total. The van der Waals surface area contributed by atoms with Crippen molar-refractivity contribution in [2.75, 3.05) is 26.7 Å². The largest absolute Gasteiger partial charge is 0.311 e. The summed E-state index contributed by atoms with van der Waals surface area (Å²) in [6.07, 6.45) is 7.94. The van der Waals surface area contributed by atoms with Gasteiger partial charge in [-0.25, -0.2) is 0 Å². The average molecular weight is 220 g/mol. The Morgan fingerprint density at radius 2 is 2.44 bits per heavy atom. The second kappa shape index (κ2) is 5.92. The van der Waals surface area contributed by atoms with Gasteiger partial charge in [0.2, 0.25) is 0 Å². The molecule has 0 saturated carbocycles.